The average molecular weight is 286 g/mol. The SMILES string of the molecule is CCC(CC)(OC)C(N)Cc1cc(Cl)ccc1OC. The van der Waals surface area contributed by atoms with E-state index in [1.165, 1.54) is 0 Å². The summed E-state index contributed by atoms with van der Waals surface area (Å²) in [5, 5.41) is 0.694. The summed E-state index contributed by atoms with van der Waals surface area (Å²) >= 11 is 6.05. The minimum absolute atomic E-state index is 0.0973. The molecule has 1 aromatic carbocycles. The van der Waals surface area contributed by atoms with E-state index in [0.717, 1.165) is 24.2 Å². The lowest BCUT2D eigenvalue weighted by Crippen LogP contribution is -2.50. The lowest BCUT2D eigenvalue weighted by atomic mass is 9.85. The third-order valence-electron chi connectivity index (χ3n) is 3.96. The first-order valence-electron chi connectivity index (χ1n) is 6.66. The van der Waals surface area contributed by atoms with Crippen LogP contribution in [0.15, 0.2) is 18.2 Å². The van der Waals surface area contributed by atoms with Gasteiger partial charge >= 0.3 is 0 Å². The van der Waals surface area contributed by atoms with Gasteiger partial charge in [0.25, 0.3) is 0 Å². The van der Waals surface area contributed by atoms with Crippen LogP contribution in [0.5, 0.6) is 5.75 Å². The fraction of sp³-hybridized carbons (Fsp3) is 0.600. The van der Waals surface area contributed by atoms with Gasteiger partial charge in [-0.15, -0.1) is 0 Å². The monoisotopic (exact) mass is 285 g/mol. The summed E-state index contributed by atoms with van der Waals surface area (Å²) in [4.78, 5) is 0. The number of halogens is 1. The molecule has 0 fully saturated rings. The highest BCUT2D eigenvalue weighted by Gasteiger charge is 2.33. The van der Waals surface area contributed by atoms with Gasteiger partial charge in [-0.1, -0.05) is 25.4 Å². The molecular formula is C15H24ClNO2. The third kappa shape index (κ3) is 3.62. The molecule has 0 heterocycles. The molecule has 1 atom stereocenters. The molecule has 0 amide bonds. The van der Waals surface area contributed by atoms with E-state index < -0.39 is 0 Å². The smallest absolute Gasteiger partial charge is 0.122 e. The number of hydrogen-bond acceptors (Lipinski definition) is 3. The predicted molar refractivity (Wildman–Crippen MR) is 80.0 cm³/mol. The van der Waals surface area contributed by atoms with Crippen LogP contribution in [-0.2, 0) is 11.2 Å². The van der Waals surface area contributed by atoms with E-state index in [4.69, 9.17) is 26.8 Å². The minimum atomic E-state index is -0.298. The first-order valence-corrected chi connectivity index (χ1v) is 7.03. The van der Waals surface area contributed by atoms with Crippen molar-refractivity contribution in [2.75, 3.05) is 14.2 Å². The quantitative estimate of drug-likeness (QED) is 0.835. The summed E-state index contributed by atoms with van der Waals surface area (Å²) in [6, 6.07) is 5.50. The van der Waals surface area contributed by atoms with Crippen molar-refractivity contribution < 1.29 is 9.47 Å². The van der Waals surface area contributed by atoms with E-state index in [0.29, 0.717) is 11.4 Å². The van der Waals surface area contributed by atoms with E-state index in [1.54, 1.807) is 14.2 Å². The maximum Gasteiger partial charge on any atom is 0.122 e. The van der Waals surface area contributed by atoms with Crippen LogP contribution >= 0.6 is 11.6 Å². The van der Waals surface area contributed by atoms with Crippen LogP contribution in [0.3, 0.4) is 0 Å². The zero-order chi connectivity index (χ0) is 14.5. The van der Waals surface area contributed by atoms with Gasteiger partial charge in [-0.25, -0.2) is 0 Å². The Kier molecular flexibility index (Phi) is 6.11. The van der Waals surface area contributed by atoms with Crippen LogP contribution in [0.2, 0.25) is 5.02 Å². The Labute approximate surface area is 121 Å². The number of hydrogen-bond donors (Lipinski definition) is 1. The Morgan fingerprint density at radius 2 is 1.89 bits per heavy atom. The zero-order valence-corrected chi connectivity index (χ0v) is 13.0. The van der Waals surface area contributed by atoms with Crippen LogP contribution in [-0.4, -0.2) is 25.9 Å². The number of ether oxygens (including phenoxy) is 2. The Balaban J connectivity index is 2.98. The molecule has 0 saturated heterocycles. The molecule has 1 aromatic rings. The molecule has 0 radical (unpaired) electrons. The van der Waals surface area contributed by atoms with Gasteiger partial charge in [0.2, 0.25) is 0 Å². The molecule has 19 heavy (non-hydrogen) atoms. The van der Waals surface area contributed by atoms with Gasteiger partial charge in [0.15, 0.2) is 0 Å². The molecule has 0 aliphatic rings. The molecule has 2 N–H and O–H groups in total. The molecule has 1 rings (SSSR count). The van der Waals surface area contributed by atoms with Gasteiger partial charge in [-0.2, -0.15) is 0 Å². The summed E-state index contributed by atoms with van der Waals surface area (Å²) in [5.41, 5.74) is 7.09. The molecule has 0 aromatic heterocycles. The summed E-state index contributed by atoms with van der Waals surface area (Å²) in [7, 11) is 3.38. The zero-order valence-electron chi connectivity index (χ0n) is 12.2. The topological polar surface area (TPSA) is 44.5 Å². The van der Waals surface area contributed by atoms with Crippen molar-refractivity contribution in [1.82, 2.24) is 0 Å². The number of rotatable bonds is 7. The fourth-order valence-corrected chi connectivity index (χ4v) is 2.74. The van der Waals surface area contributed by atoms with Crippen molar-refractivity contribution in [3.05, 3.63) is 28.8 Å². The average Bonchev–Trinajstić information content (AvgIpc) is 2.41. The van der Waals surface area contributed by atoms with Crippen LogP contribution in [0.4, 0.5) is 0 Å². The highest BCUT2D eigenvalue weighted by Crippen LogP contribution is 2.29. The van der Waals surface area contributed by atoms with E-state index >= 15 is 0 Å². The van der Waals surface area contributed by atoms with E-state index in [9.17, 15) is 0 Å². The summed E-state index contributed by atoms with van der Waals surface area (Å²) in [6.45, 7) is 4.20. The van der Waals surface area contributed by atoms with Gasteiger partial charge in [-0.05, 0) is 43.0 Å². The first kappa shape index (κ1) is 16.3. The molecule has 108 valence electrons. The molecule has 0 aliphatic carbocycles. The standard InChI is InChI=1S/C15H24ClNO2/c1-5-15(6-2,19-4)14(17)10-11-9-12(16)7-8-13(11)18-3/h7-9,14H,5-6,10,17H2,1-4H3. The molecule has 3 nitrogen and oxygen atoms in total. The maximum absolute atomic E-state index is 6.37. The van der Waals surface area contributed by atoms with Crippen molar-refractivity contribution in [2.45, 2.75) is 44.8 Å². The second kappa shape index (κ2) is 7.13. The normalized spacial score (nSPS) is 13.4. The van der Waals surface area contributed by atoms with Crippen molar-refractivity contribution in [3.63, 3.8) is 0 Å². The number of methoxy groups -OCH3 is 2. The highest BCUT2D eigenvalue weighted by molar-refractivity contribution is 6.30. The maximum atomic E-state index is 6.37. The molecule has 0 aliphatic heterocycles. The first-order chi connectivity index (χ1) is 9.02. The lowest BCUT2D eigenvalue weighted by molar-refractivity contribution is -0.0375. The van der Waals surface area contributed by atoms with Gasteiger partial charge in [0, 0.05) is 18.2 Å². The van der Waals surface area contributed by atoms with Crippen LogP contribution < -0.4 is 10.5 Å². The van der Waals surface area contributed by atoms with Gasteiger partial charge in [0.1, 0.15) is 5.75 Å². The van der Waals surface area contributed by atoms with E-state index in [2.05, 4.69) is 13.8 Å². The third-order valence-corrected chi connectivity index (χ3v) is 4.20. The predicted octanol–water partition coefficient (Wildman–Crippen LogP) is 3.42. The van der Waals surface area contributed by atoms with Gasteiger partial charge < -0.3 is 15.2 Å². The van der Waals surface area contributed by atoms with E-state index in [-0.39, 0.29) is 11.6 Å². The van der Waals surface area contributed by atoms with Gasteiger partial charge in [-0.3, -0.25) is 0 Å². The van der Waals surface area contributed by atoms with Crippen molar-refractivity contribution in [2.24, 2.45) is 5.73 Å². The molecule has 0 saturated carbocycles. The van der Waals surface area contributed by atoms with Crippen LogP contribution in [0.1, 0.15) is 32.3 Å². The minimum Gasteiger partial charge on any atom is -0.496 e. The molecule has 0 bridgehead atoms. The lowest BCUT2D eigenvalue weighted by Gasteiger charge is -2.36. The van der Waals surface area contributed by atoms with Crippen molar-refractivity contribution >= 4 is 11.6 Å². The molecule has 4 heteroatoms. The Hall–Kier alpha value is -0.770. The largest absolute Gasteiger partial charge is 0.496 e. The molecular weight excluding hydrogens is 262 g/mol. The van der Waals surface area contributed by atoms with Crippen molar-refractivity contribution in [1.29, 1.82) is 0 Å². The molecule has 0 spiro atoms. The summed E-state index contributed by atoms with van der Waals surface area (Å²) < 4.78 is 11.0. The Bertz CT molecular complexity index is 397. The highest BCUT2D eigenvalue weighted by atomic mass is 35.5. The molecule has 1 unspecified atom stereocenters. The fourth-order valence-electron chi connectivity index (χ4n) is 2.54. The second-order valence-corrected chi connectivity index (χ2v) is 5.18. The van der Waals surface area contributed by atoms with Crippen LogP contribution in [0, 0.1) is 0 Å². The second-order valence-electron chi connectivity index (χ2n) is 4.74. The number of nitrogens with two attached hydrogens (primary N) is 1. The Morgan fingerprint density at radius 3 is 2.37 bits per heavy atom. The Morgan fingerprint density at radius 1 is 1.26 bits per heavy atom. The summed E-state index contributed by atoms with van der Waals surface area (Å²) in [6.07, 6.45) is 2.44. The van der Waals surface area contributed by atoms with Crippen molar-refractivity contribution in [3.8, 4) is 5.75 Å². The van der Waals surface area contributed by atoms with E-state index in [1.807, 2.05) is 18.2 Å². The number of benzene rings is 1. The summed E-state index contributed by atoms with van der Waals surface area (Å²) in [5.74, 6) is 0.817. The van der Waals surface area contributed by atoms with Crippen LogP contribution in [0.25, 0.3) is 0 Å². The van der Waals surface area contributed by atoms with Gasteiger partial charge in [0.05, 0.1) is 12.7 Å².